The first-order valence-corrected chi connectivity index (χ1v) is 11.9. The number of nitrogens with zero attached hydrogens (tertiary/aromatic N) is 1. The van der Waals surface area contributed by atoms with E-state index in [0.29, 0.717) is 47.8 Å². The minimum absolute atomic E-state index is 0.0682. The fraction of sp³-hybridized carbons (Fsp3) is 0.385. The Kier molecular flexibility index (Phi) is 5.06. The summed E-state index contributed by atoms with van der Waals surface area (Å²) < 4.78 is 26.2. The molecule has 1 spiro atoms. The van der Waals surface area contributed by atoms with Crippen LogP contribution in [-0.2, 0) is 16.6 Å². The Morgan fingerprint density at radius 3 is 2.91 bits per heavy atom. The van der Waals surface area contributed by atoms with Crippen molar-refractivity contribution < 1.29 is 18.7 Å². The number of anilines is 2. The first-order valence-electron chi connectivity index (χ1n) is 11.9. The van der Waals surface area contributed by atoms with Gasteiger partial charge in [-0.3, -0.25) is 9.78 Å². The van der Waals surface area contributed by atoms with Crippen LogP contribution in [0.1, 0.15) is 47.8 Å². The predicted octanol–water partition coefficient (Wildman–Crippen LogP) is 4.46. The maximum absolute atomic E-state index is 14.6. The molecular formula is C26H27FN4O3. The van der Waals surface area contributed by atoms with Gasteiger partial charge in [-0.2, -0.15) is 0 Å². The first-order chi connectivity index (χ1) is 16.6. The van der Waals surface area contributed by atoms with E-state index in [-0.39, 0.29) is 23.2 Å². The van der Waals surface area contributed by atoms with Gasteiger partial charge in [0, 0.05) is 53.7 Å². The average Bonchev–Trinajstić information content (AvgIpc) is 3.49. The van der Waals surface area contributed by atoms with Crippen molar-refractivity contribution in [2.75, 3.05) is 25.1 Å². The number of pyridine rings is 1. The molecule has 176 valence electrons. The minimum atomic E-state index is -0.269. The van der Waals surface area contributed by atoms with E-state index in [9.17, 15) is 9.18 Å². The highest BCUT2D eigenvalue weighted by Crippen LogP contribution is 2.54. The Morgan fingerprint density at radius 2 is 2.18 bits per heavy atom. The SMILES string of the molecule is CCc1c(F)cccc1Nc1c(-c2ccncc2OCC2CCO2)[nH]c2c1C(=O)NCC21CC1. The van der Waals surface area contributed by atoms with Gasteiger partial charge in [-0.25, -0.2) is 4.39 Å². The van der Waals surface area contributed by atoms with Gasteiger partial charge in [-0.05, 0) is 37.5 Å². The third-order valence-electron chi connectivity index (χ3n) is 7.20. The van der Waals surface area contributed by atoms with E-state index < -0.39 is 0 Å². The largest absolute Gasteiger partial charge is 0.489 e. The molecule has 1 unspecified atom stereocenters. The van der Waals surface area contributed by atoms with Gasteiger partial charge in [-0.1, -0.05) is 13.0 Å². The lowest BCUT2D eigenvalue weighted by atomic mass is 9.93. The second-order valence-electron chi connectivity index (χ2n) is 9.30. The maximum Gasteiger partial charge on any atom is 0.255 e. The number of benzene rings is 1. The van der Waals surface area contributed by atoms with Crippen LogP contribution in [0, 0.1) is 5.82 Å². The molecule has 2 aliphatic heterocycles. The summed E-state index contributed by atoms with van der Waals surface area (Å²) in [6.45, 7) is 3.74. The molecule has 8 heteroatoms. The zero-order valence-electron chi connectivity index (χ0n) is 19.0. The van der Waals surface area contributed by atoms with E-state index in [4.69, 9.17) is 9.47 Å². The number of H-pyrrole nitrogens is 1. The predicted molar refractivity (Wildman–Crippen MR) is 126 cm³/mol. The average molecular weight is 463 g/mol. The number of carbonyl (C=O) groups is 1. The van der Waals surface area contributed by atoms with Gasteiger partial charge < -0.3 is 25.1 Å². The lowest BCUT2D eigenvalue weighted by molar-refractivity contribution is -0.0720. The number of hydrogen-bond acceptors (Lipinski definition) is 5. The molecule has 4 heterocycles. The number of nitrogens with one attached hydrogen (secondary N) is 3. The van der Waals surface area contributed by atoms with Crippen molar-refractivity contribution in [3.63, 3.8) is 0 Å². The molecule has 0 bridgehead atoms. The normalized spacial score (nSPS) is 19.8. The van der Waals surface area contributed by atoms with Gasteiger partial charge in [0.15, 0.2) is 0 Å². The van der Waals surface area contributed by atoms with Crippen LogP contribution in [0.2, 0.25) is 0 Å². The second kappa shape index (κ2) is 8.13. The summed E-state index contributed by atoms with van der Waals surface area (Å²) in [4.78, 5) is 20.9. The minimum Gasteiger partial charge on any atom is -0.489 e. The van der Waals surface area contributed by atoms with Crippen molar-refractivity contribution in [3.05, 3.63) is 59.3 Å². The Balaban J connectivity index is 1.49. The molecule has 6 rings (SSSR count). The lowest BCUT2D eigenvalue weighted by Crippen LogP contribution is -2.39. The number of amides is 1. The van der Waals surface area contributed by atoms with Gasteiger partial charge in [0.25, 0.3) is 5.91 Å². The standard InChI is InChI=1S/C26H27FN4O3/c1-2-16-18(27)4-3-5-19(16)30-23-21-24(26(8-9-26)14-29-25(21)32)31-22(23)17-6-10-28-12-20(17)34-13-15-7-11-33-15/h3-6,10,12,15,30-31H,2,7-9,11,13-14H2,1H3,(H,29,32). The maximum atomic E-state index is 14.6. The zero-order chi connectivity index (χ0) is 23.3. The number of hydrogen-bond donors (Lipinski definition) is 3. The number of aromatic nitrogens is 2. The van der Waals surface area contributed by atoms with E-state index in [2.05, 4.69) is 20.6 Å². The van der Waals surface area contributed by atoms with Crippen molar-refractivity contribution in [1.29, 1.82) is 0 Å². The third-order valence-corrected chi connectivity index (χ3v) is 7.20. The fourth-order valence-electron chi connectivity index (χ4n) is 4.93. The topological polar surface area (TPSA) is 88.3 Å². The van der Waals surface area contributed by atoms with Crippen LogP contribution in [0.4, 0.5) is 15.8 Å². The van der Waals surface area contributed by atoms with Gasteiger partial charge >= 0.3 is 0 Å². The Bertz CT molecular complexity index is 1260. The number of ether oxygens (including phenoxy) is 2. The number of rotatable bonds is 7. The number of carbonyl (C=O) groups excluding carboxylic acids is 1. The molecule has 3 aliphatic rings. The van der Waals surface area contributed by atoms with Crippen LogP contribution in [0.5, 0.6) is 5.75 Å². The summed E-state index contributed by atoms with van der Waals surface area (Å²) in [5.41, 5.74) is 4.86. The van der Waals surface area contributed by atoms with Crippen LogP contribution < -0.4 is 15.4 Å². The molecule has 0 radical (unpaired) electrons. The molecule has 1 atom stereocenters. The highest BCUT2D eigenvalue weighted by atomic mass is 19.1. The molecule has 1 saturated carbocycles. The molecular weight excluding hydrogens is 435 g/mol. The summed E-state index contributed by atoms with van der Waals surface area (Å²) in [6, 6.07) is 6.86. The molecule has 1 aromatic carbocycles. The molecule has 3 aromatic rings. The summed E-state index contributed by atoms with van der Waals surface area (Å²) in [5.74, 6) is 0.209. The van der Waals surface area contributed by atoms with Crippen LogP contribution in [0.15, 0.2) is 36.7 Å². The van der Waals surface area contributed by atoms with Crippen LogP contribution in [-0.4, -0.2) is 41.7 Å². The molecule has 2 aromatic heterocycles. The molecule has 3 N–H and O–H groups in total. The van der Waals surface area contributed by atoms with E-state index in [0.717, 1.165) is 42.8 Å². The highest BCUT2D eigenvalue weighted by molar-refractivity contribution is 6.07. The van der Waals surface area contributed by atoms with Crippen LogP contribution in [0.3, 0.4) is 0 Å². The van der Waals surface area contributed by atoms with Crippen molar-refractivity contribution in [1.82, 2.24) is 15.3 Å². The van der Waals surface area contributed by atoms with E-state index in [1.165, 1.54) is 6.07 Å². The smallest absolute Gasteiger partial charge is 0.255 e. The molecule has 1 amide bonds. The van der Waals surface area contributed by atoms with E-state index in [1.54, 1.807) is 18.5 Å². The van der Waals surface area contributed by atoms with Gasteiger partial charge in [0.2, 0.25) is 0 Å². The molecule has 7 nitrogen and oxygen atoms in total. The lowest BCUT2D eigenvalue weighted by Gasteiger charge is -2.26. The monoisotopic (exact) mass is 462 g/mol. The number of fused-ring (bicyclic) bond motifs is 2. The Morgan fingerprint density at radius 1 is 1.32 bits per heavy atom. The summed E-state index contributed by atoms with van der Waals surface area (Å²) in [5, 5.41) is 6.48. The summed E-state index contributed by atoms with van der Waals surface area (Å²) >= 11 is 0. The van der Waals surface area contributed by atoms with Gasteiger partial charge in [-0.15, -0.1) is 0 Å². The van der Waals surface area contributed by atoms with Gasteiger partial charge in [0.1, 0.15) is 18.2 Å². The van der Waals surface area contributed by atoms with Crippen molar-refractivity contribution in [3.8, 4) is 17.0 Å². The molecule has 1 saturated heterocycles. The van der Waals surface area contributed by atoms with Crippen LogP contribution >= 0.6 is 0 Å². The Labute approximate surface area is 197 Å². The Hall–Kier alpha value is -3.39. The van der Waals surface area contributed by atoms with Crippen molar-refractivity contribution in [2.24, 2.45) is 0 Å². The zero-order valence-corrected chi connectivity index (χ0v) is 19.0. The second-order valence-corrected chi connectivity index (χ2v) is 9.30. The van der Waals surface area contributed by atoms with Gasteiger partial charge in [0.05, 0.1) is 29.2 Å². The quantitative estimate of drug-likeness (QED) is 0.482. The van der Waals surface area contributed by atoms with Crippen LogP contribution in [0.25, 0.3) is 11.3 Å². The molecule has 34 heavy (non-hydrogen) atoms. The highest BCUT2D eigenvalue weighted by Gasteiger charge is 2.51. The third kappa shape index (κ3) is 3.44. The van der Waals surface area contributed by atoms with E-state index >= 15 is 0 Å². The fourth-order valence-corrected chi connectivity index (χ4v) is 4.93. The van der Waals surface area contributed by atoms with E-state index in [1.807, 2.05) is 19.1 Å². The first kappa shape index (κ1) is 21.2. The molecule has 2 fully saturated rings. The number of aromatic amines is 1. The number of halogens is 1. The molecule has 1 aliphatic carbocycles. The summed E-state index contributed by atoms with van der Waals surface area (Å²) in [6.07, 6.45) is 7.00. The summed E-state index contributed by atoms with van der Waals surface area (Å²) in [7, 11) is 0. The van der Waals surface area contributed by atoms with Crippen molar-refractivity contribution in [2.45, 2.75) is 44.1 Å². The van der Waals surface area contributed by atoms with Crippen molar-refractivity contribution >= 4 is 17.3 Å².